The molecule has 3 aliphatic heterocycles. The Morgan fingerprint density at radius 1 is 1.14 bits per heavy atom. The summed E-state index contributed by atoms with van der Waals surface area (Å²) in [5.74, 6) is 1.26. The molecule has 2 aromatic carbocycles. The number of rotatable bonds is 7. The molecule has 4 aliphatic rings. The number of aryl methyl sites for hydroxylation is 1. The van der Waals surface area contributed by atoms with Gasteiger partial charge in [0.1, 0.15) is 11.8 Å². The number of carbonyl (C=O) groups is 1. The topological polar surface area (TPSA) is 55.8 Å². The molecular weight excluding hydrogens is 436 g/mol. The van der Waals surface area contributed by atoms with Crippen LogP contribution in [0.1, 0.15) is 69.7 Å². The van der Waals surface area contributed by atoms with Crippen LogP contribution in [-0.2, 0) is 12.8 Å². The fraction of sp³-hybridized carbons (Fsp3) is 0.567. The number of fused-ring (bicyclic) bond motifs is 4. The minimum atomic E-state index is -1.04. The lowest BCUT2D eigenvalue weighted by atomic mass is 9.79. The summed E-state index contributed by atoms with van der Waals surface area (Å²) < 4.78 is 6.16. The third kappa shape index (κ3) is 4.44. The van der Waals surface area contributed by atoms with Crippen LogP contribution in [0.2, 0.25) is 0 Å². The predicted molar refractivity (Wildman–Crippen MR) is 137 cm³/mol. The second kappa shape index (κ2) is 9.50. The van der Waals surface area contributed by atoms with Gasteiger partial charge in [-0.15, -0.1) is 0 Å². The first kappa shape index (κ1) is 24.2. The fourth-order valence-electron chi connectivity index (χ4n) is 6.90. The summed E-state index contributed by atoms with van der Waals surface area (Å²) in [6.07, 6.45) is 4.16. The van der Waals surface area contributed by atoms with E-state index in [2.05, 4.69) is 62.1 Å². The van der Waals surface area contributed by atoms with E-state index in [1.54, 1.807) is 4.90 Å². The monoisotopic (exact) mass is 475 g/mol. The van der Waals surface area contributed by atoms with Crippen molar-refractivity contribution in [2.45, 2.75) is 71.9 Å². The molecule has 2 atom stereocenters. The summed E-state index contributed by atoms with van der Waals surface area (Å²) in [6.45, 7) is 12.2. The molecule has 6 rings (SSSR count). The van der Waals surface area contributed by atoms with Crippen LogP contribution in [0.15, 0.2) is 36.4 Å². The first-order chi connectivity index (χ1) is 16.8. The minimum absolute atomic E-state index is 0.000875. The van der Waals surface area contributed by atoms with Gasteiger partial charge in [-0.25, -0.2) is 0 Å². The zero-order valence-corrected chi connectivity index (χ0v) is 21.7. The molecule has 0 unspecified atom stereocenters. The van der Waals surface area contributed by atoms with Crippen LogP contribution in [0.25, 0.3) is 11.1 Å². The van der Waals surface area contributed by atoms with Gasteiger partial charge in [-0.2, -0.15) is 0 Å². The van der Waals surface area contributed by atoms with Gasteiger partial charge in [0.25, 0.3) is 0 Å². The smallest absolute Gasteiger partial charge is 0.137 e. The molecule has 35 heavy (non-hydrogen) atoms. The molecule has 188 valence electrons. The maximum absolute atomic E-state index is 12.7. The molecule has 2 aromatic rings. The van der Waals surface area contributed by atoms with E-state index in [9.17, 15) is 9.90 Å². The normalized spacial score (nSPS) is 26.4. The quantitative estimate of drug-likeness (QED) is 0.561. The van der Waals surface area contributed by atoms with Crippen molar-refractivity contribution in [2.75, 3.05) is 26.2 Å². The lowest BCUT2D eigenvalue weighted by Gasteiger charge is -2.53. The van der Waals surface area contributed by atoms with Crippen LogP contribution in [0.4, 0.5) is 4.79 Å². The number of carbonyl (C=O) groups excluding carboxylic acids is 1. The second-order valence-corrected chi connectivity index (χ2v) is 11.4. The number of nitrogens with zero attached hydrogens (tertiary/aromatic N) is 2. The zero-order chi connectivity index (χ0) is 24.7. The van der Waals surface area contributed by atoms with Gasteiger partial charge in [-0.1, -0.05) is 51.5 Å². The summed E-state index contributed by atoms with van der Waals surface area (Å²) in [5.41, 5.74) is 5.67. The highest BCUT2D eigenvalue weighted by molar-refractivity contribution is 5.74. The summed E-state index contributed by atoms with van der Waals surface area (Å²) in [7, 11) is 0. The van der Waals surface area contributed by atoms with E-state index in [0.29, 0.717) is 12.5 Å². The van der Waals surface area contributed by atoms with E-state index in [-0.39, 0.29) is 17.5 Å². The molecule has 3 heterocycles. The lowest BCUT2D eigenvalue weighted by molar-refractivity contribution is -0.276. The molecule has 0 aromatic heterocycles. The largest absolute Gasteiger partial charge is 0.530 e. The zero-order valence-electron chi connectivity index (χ0n) is 21.7. The Hall–Kier alpha value is -2.53. The van der Waals surface area contributed by atoms with E-state index >= 15 is 0 Å². The number of hydrogen-bond acceptors (Lipinski definition) is 4. The van der Waals surface area contributed by atoms with Crippen LogP contribution in [0.3, 0.4) is 0 Å². The highest BCUT2D eigenvalue weighted by Crippen LogP contribution is 2.53. The number of hydrogen-bond donors (Lipinski definition) is 0. The van der Waals surface area contributed by atoms with Crippen molar-refractivity contribution in [3.05, 3.63) is 53.1 Å². The molecule has 0 spiro atoms. The molecule has 1 amide bonds. The Kier molecular flexibility index (Phi) is 6.56. The van der Waals surface area contributed by atoms with Crippen molar-refractivity contribution in [2.24, 2.45) is 11.3 Å². The van der Waals surface area contributed by atoms with E-state index < -0.39 is 6.09 Å². The first-order valence-corrected chi connectivity index (χ1v) is 13.4. The summed E-state index contributed by atoms with van der Waals surface area (Å²) in [5, 5.41) is 12.7. The van der Waals surface area contributed by atoms with Gasteiger partial charge in [-0.3, -0.25) is 0 Å². The highest BCUT2D eigenvalue weighted by atomic mass is 16.5. The molecule has 2 bridgehead atoms. The van der Waals surface area contributed by atoms with Gasteiger partial charge in [0.05, 0.1) is 12.6 Å². The van der Waals surface area contributed by atoms with Gasteiger partial charge in [0, 0.05) is 18.2 Å². The van der Waals surface area contributed by atoms with Crippen molar-refractivity contribution in [3.8, 4) is 16.9 Å². The van der Waals surface area contributed by atoms with Crippen LogP contribution < -0.4 is 9.84 Å². The van der Waals surface area contributed by atoms with Gasteiger partial charge in [0.15, 0.2) is 0 Å². The molecule has 1 aliphatic carbocycles. The van der Waals surface area contributed by atoms with Crippen LogP contribution >= 0.6 is 0 Å². The molecule has 3 saturated heterocycles. The number of amides is 1. The average Bonchev–Trinajstić information content (AvgIpc) is 3.09. The van der Waals surface area contributed by atoms with Crippen molar-refractivity contribution < 1.29 is 14.6 Å². The standard InChI is InChI=1S/C30H40N2O3/c1-5-7-20-8-10-21(11-9-20)24-16-23-18-30(3,4)28(25(23)17-27(24)35-6-2)32(29(33)34)26-19-31-14-12-22(26)13-15-31/h8-11,16-17,22,26,28H,5-7,12-15,18-19H2,1-4H3,(H,33,34)/p-1/t26-,28+/m1/s1. The van der Waals surface area contributed by atoms with Crippen LogP contribution in [-0.4, -0.2) is 48.2 Å². The Bertz CT molecular complexity index is 1070. The summed E-state index contributed by atoms with van der Waals surface area (Å²) >= 11 is 0. The van der Waals surface area contributed by atoms with E-state index in [1.165, 1.54) is 11.1 Å². The molecule has 0 radical (unpaired) electrons. The number of benzene rings is 2. The van der Waals surface area contributed by atoms with Crippen molar-refractivity contribution in [1.29, 1.82) is 0 Å². The molecule has 5 nitrogen and oxygen atoms in total. The second-order valence-electron chi connectivity index (χ2n) is 11.4. The van der Waals surface area contributed by atoms with Crippen LogP contribution in [0.5, 0.6) is 5.75 Å². The van der Waals surface area contributed by atoms with Crippen molar-refractivity contribution >= 4 is 6.09 Å². The van der Waals surface area contributed by atoms with Crippen molar-refractivity contribution in [3.63, 3.8) is 0 Å². The Morgan fingerprint density at radius 2 is 1.86 bits per heavy atom. The fourth-order valence-corrected chi connectivity index (χ4v) is 6.90. The summed E-state index contributed by atoms with van der Waals surface area (Å²) in [4.78, 5) is 16.8. The van der Waals surface area contributed by atoms with Crippen LogP contribution in [0, 0.1) is 11.3 Å². The maximum Gasteiger partial charge on any atom is 0.137 e. The average molecular weight is 476 g/mol. The maximum atomic E-state index is 12.7. The SMILES string of the molecule is CCCc1ccc(-c2cc3c(cc2OCC)[C@H](N(C(=O)[O-])[C@@H]2CN4CCC2CC4)C(C)(C)C3)cc1. The predicted octanol–water partition coefficient (Wildman–Crippen LogP) is 5.07. The Morgan fingerprint density at radius 3 is 2.43 bits per heavy atom. The highest BCUT2D eigenvalue weighted by Gasteiger charge is 2.48. The van der Waals surface area contributed by atoms with Gasteiger partial charge in [0.2, 0.25) is 0 Å². The van der Waals surface area contributed by atoms with Crippen molar-refractivity contribution in [1.82, 2.24) is 9.80 Å². The van der Waals surface area contributed by atoms with E-state index in [1.807, 2.05) is 6.92 Å². The third-order valence-electron chi connectivity index (χ3n) is 8.49. The Labute approximate surface area is 210 Å². The molecule has 5 heteroatoms. The third-order valence-corrected chi connectivity index (χ3v) is 8.49. The molecular formula is C30H39N2O3-. The summed E-state index contributed by atoms with van der Waals surface area (Å²) in [6, 6.07) is 12.9. The number of ether oxygens (including phenoxy) is 1. The lowest BCUT2D eigenvalue weighted by Crippen LogP contribution is -2.62. The van der Waals surface area contributed by atoms with Gasteiger partial charge >= 0.3 is 0 Å². The molecule has 3 fully saturated rings. The Balaban J connectivity index is 1.56. The number of piperidine rings is 3. The van der Waals surface area contributed by atoms with E-state index in [0.717, 1.165) is 74.2 Å². The minimum Gasteiger partial charge on any atom is -0.530 e. The first-order valence-electron chi connectivity index (χ1n) is 13.4. The van der Waals surface area contributed by atoms with Gasteiger partial charge in [-0.05, 0) is 91.4 Å². The molecule has 0 N–H and O–H groups in total. The number of carboxylic acid groups (broad SMARTS) is 1. The van der Waals surface area contributed by atoms with E-state index in [4.69, 9.17) is 4.74 Å². The molecule has 0 saturated carbocycles. The van der Waals surface area contributed by atoms with Gasteiger partial charge < -0.3 is 24.4 Å².